The van der Waals surface area contributed by atoms with E-state index >= 15 is 0 Å². The van der Waals surface area contributed by atoms with Crippen molar-refractivity contribution in [1.29, 1.82) is 0 Å². The summed E-state index contributed by atoms with van der Waals surface area (Å²) in [5.41, 5.74) is 5.30. The third kappa shape index (κ3) is 3.94. The van der Waals surface area contributed by atoms with Gasteiger partial charge in [-0.2, -0.15) is 5.10 Å². The number of hydrogen-bond acceptors (Lipinski definition) is 3. The van der Waals surface area contributed by atoms with Crippen LogP contribution >= 0.6 is 0 Å². The van der Waals surface area contributed by atoms with Crippen molar-refractivity contribution in [1.82, 2.24) is 19.7 Å². The number of nitrogens with zero attached hydrogens (tertiary/aromatic N) is 4. The number of amides is 1. The smallest absolute Gasteiger partial charge is 0.222 e. The van der Waals surface area contributed by atoms with Crippen molar-refractivity contribution in [2.24, 2.45) is 11.8 Å². The fraction of sp³-hybridized carbons (Fsp3) is 0.696. The van der Waals surface area contributed by atoms with Gasteiger partial charge in [-0.15, -0.1) is 0 Å². The van der Waals surface area contributed by atoms with Gasteiger partial charge in [0.2, 0.25) is 5.91 Å². The van der Waals surface area contributed by atoms with E-state index in [0.717, 1.165) is 41.9 Å². The predicted octanol–water partition coefficient (Wildman–Crippen LogP) is 4.55. The average Bonchev–Trinajstić information content (AvgIpc) is 2.90. The van der Waals surface area contributed by atoms with E-state index in [2.05, 4.69) is 60.3 Å². The molecule has 0 saturated carbocycles. The maximum absolute atomic E-state index is 12.8. The molecule has 0 spiro atoms. The molecule has 28 heavy (non-hydrogen) atoms. The van der Waals surface area contributed by atoms with Crippen LogP contribution < -0.4 is 0 Å². The van der Waals surface area contributed by atoms with Crippen LogP contribution in [0.15, 0.2) is 0 Å². The largest absolute Gasteiger partial charge is 0.342 e. The zero-order valence-corrected chi connectivity index (χ0v) is 18.9. The highest BCUT2D eigenvalue weighted by Crippen LogP contribution is 2.30. The highest BCUT2D eigenvalue weighted by molar-refractivity contribution is 5.84. The van der Waals surface area contributed by atoms with E-state index < -0.39 is 0 Å². The van der Waals surface area contributed by atoms with Crippen molar-refractivity contribution < 1.29 is 4.79 Å². The standard InChI is InChI=1S/C23H36N4O/c1-14-11-15(2)13-26(12-14)20(28)10-9-19-16(3)21-18(5)25-27(23(6,7)8)22(21)24-17(19)4/h14-15H,9-13H2,1-8H3. The van der Waals surface area contributed by atoms with Gasteiger partial charge < -0.3 is 4.90 Å². The number of pyridine rings is 1. The summed E-state index contributed by atoms with van der Waals surface area (Å²) in [4.78, 5) is 19.8. The maximum Gasteiger partial charge on any atom is 0.222 e. The summed E-state index contributed by atoms with van der Waals surface area (Å²) in [6, 6.07) is 0. The van der Waals surface area contributed by atoms with Gasteiger partial charge in [-0.1, -0.05) is 13.8 Å². The number of aromatic nitrogens is 3. The van der Waals surface area contributed by atoms with E-state index in [0.29, 0.717) is 18.3 Å². The molecule has 2 unspecified atom stereocenters. The highest BCUT2D eigenvalue weighted by Gasteiger charge is 2.26. The summed E-state index contributed by atoms with van der Waals surface area (Å²) >= 11 is 0. The summed E-state index contributed by atoms with van der Waals surface area (Å²) in [7, 11) is 0. The van der Waals surface area contributed by atoms with Gasteiger partial charge in [-0.05, 0) is 77.3 Å². The lowest BCUT2D eigenvalue weighted by atomic mass is 9.91. The van der Waals surface area contributed by atoms with E-state index in [1.807, 2.05) is 4.68 Å². The minimum absolute atomic E-state index is 0.114. The predicted molar refractivity (Wildman–Crippen MR) is 115 cm³/mol. The van der Waals surface area contributed by atoms with E-state index in [-0.39, 0.29) is 11.4 Å². The SMILES string of the molecule is Cc1nc2c(c(C)nn2C(C)(C)C)c(C)c1CCC(=O)N1CC(C)CC(C)C1. The Bertz CT molecular complexity index is 880. The lowest BCUT2D eigenvalue weighted by Gasteiger charge is -2.35. The lowest BCUT2D eigenvalue weighted by Crippen LogP contribution is -2.42. The average molecular weight is 385 g/mol. The Balaban J connectivity index is 1.86. The minimum atomic E-state index is -0.114. The second kappa shape index (κ2) is 7.49. The van der Waals surface area contributed by atoms with Crippen LogP contribution in [0.3, 0.4) is 0 Å². The van der Waals surface area contributed by atoms with Gasteiger partial charge in [-0.3, -0.25) is 4.79 Å². The summed E-state index contributed by atoms with van der Waals surface area (Å²) in [5.74, 6) is 1.47. The molecule has 1 aliphatic heterocycles. The van der Waals surface area contributed by atoms with Crippen LogP contribution in [0.2, 0.25) is 0 Å². The molecule has 154 valence electrons. The molecule has 0 aliphatic carbocycles. The Morgan fingerprint density at radius 2 is 1.68 bits per heavy atom. The number of aryl methyl sites for hydroxylation is 3. The van der Waals surface area contributed by atoms with Gasteiger partial charge in [0.05, 0.1) is 11.2 Å². The van der Waals surface area contributed by atoms with Gasteiger partial charge in [0.15, 0.2) is 5.65 Å². The number of carbonyl (C=O) groups is 1. The van der Waals surface area contributed by atoms with E-state index in [1.165, 1.54) is 17.5 Å². The first kappa shape index (κ1) is 20.8. The number of carbonyl (C=O) groups excluding carboxylic acids is 1. The zero-order chi connectivity index (χ0) is 20.8. The van der Waals surface area contributed by atoms with Crippen molar-refractivity contribution >= 4 is 16.9 Å². The third-order valence-electron chi connectivity index (χ3n) is 6.02. The molecule has 1 fully saturated rings. The third-order valence-corrected chi connectivity index (χ3v) is 6.02. The van der Waals surface area contributed by atoms with Crippen molar-refractivity contribution in [3.05, 3.63) is 22.5 Å². The normalized spacial score (nSPS) is 20.8. The van der Waals surface area contributed by atoms with Crippen LogP contribution in [0.25, 0.3) is 11.0 Å². The van der Waals surface area contributed by atoms with Gasteiger partial charge in [0.1, 0.15) is 0 Å². The fourth-order valence-corrected chi connectivity index (χ4v) is 4.80. The Hall–Kier alpha value is -1.91. The molecule has 2 aromatic rings. The molecule has 0 N–H and O–H groups in total. The molecule has 1 saturated heterocycles. The molecular formula is C23H36N4O. The van der Waals surface area contributed by atoms with Gasteiger partial charge in [-0.25, -0.2) is 9.67 Å². The van der Waals surface area contributed by atoms with Crippen LogP contribution in [0.4, 0.5) is 0 Å². The Kier molecular flexibility index (Phi) is 5.57. The monoisotopic (exact) mass is 384 g/mol. The topological polar surface area (TPSA) is 51.0 Å². The highest BCUT2D eigenvalue weighted by atomic mass is 16.2. The molecule has 1 amide bonds. The Morgan fingerprint density at radius 3 is 2.25 bits per heavy atom. The lowest BCUT2D eigenvalue weighted by molar-refractivity contribution is -0.133. The molecule has 2 atom stereocenters. The zero-order valence-electron chi connectivity index (χ0n) is 18.9. The molecule has 0 radical (unpaired) electrons. The van der Waals surface area contributed by atoms with Gasteiger partial charge in [0, 0.05) is 30.6 Å². The quantitative estimate of drug-likeness (QED) is 0.780. The molecule has 2 aromatic heterocycles. The van der Waals surface area contributed by atoms with Crippen molar-refractivity contribution in [3.8, 4) is 0 Å². The van der Waals surface area contributed by atoms with Crippen LogP contribution in [-0.4, -0.2) is 38.7 Å². The van der Waals surface area contributed by atoms with Gasteiger partial charge >= 0.3 is 0 Å². The first-order chi connectivity index (χ1) is 13.0. The molecule has 5 nitrogen and oxygen atoms in total. The Labute approximate surface area is 169 Å². The molecule has 3 heterocycles. The number of piperidine rings is 1. The second-order valence-electron chi connectivity index (χ2n) is 9.91. The first-order valence-corrected chi connectivity index (χ1v) is 10.6. The van der Waals surface area contributed by atoms with Crippen molar-refractivity contribution in [3.63, 3.8) is 0 Å². The van der Waals surface area contributed by atoms with E-state index in [1.54, 1.807) is 0 Å². The molecule has 5 heteroatoms. The summed E-state index contributed by atoms with van der Waals surface area (Å²) < 4.78 is 2.03. The first-order valence-electron chi connectivity index (χ1n) is 10.6. The van der Waals surface area contributed by atoms with Gasteiger partial charge in [0.25, 0.3) is 0 Å². The number of rotatable bonds is 3. The molecular weight excluding hydrogens is 348 g/mol. The van der Waals surface area contributed by atoms with E-state index in [9.17, 15) is 4.79 Å². The molecule has 3 rings (SSSR count). The number of fused-ring (bicyclic) bond motifs is 1. The van der Waals surface area contributed by atoms with Crippen LogP contribution in [-0.2, 0) is 16.8 Å². The van der Waals surface area contributed by atoms with Crippen LogP contribution in [0.1, 0.15) is 70.0 Å². The van der Waals surface area contributed by atoms with Crippen LogP contribution in [0, 0.1) is 32.6 Å². The van der Waals surface area contributed by atoms with Crippen molar-refractivity contribution in [2.45, 2.75) is 80.2 Å². The van der Waals surface area contributed by atoms with Crippen molar-refractivity contribution in [2.75, 3.05) is 13.1 Å². The molecule has 0 aromatic carbocycles. The number of hydrogen-bond donors (Lipinski definition) is 0. The second-order valence-corrected chi connectivity index (χ2v) is 9.91. The molecule has 1 aliphatic rings. The van der Waals surface area contributed by atoms with Crippen LogP contribution in [0.5, 0.6) is 0 Å². The number of likely N-dealkylation sites (tertiary alicyclic amines) is 1. The summed E-state index contributed by atoms with van der Waals surface area (Å²) in [6.45, 7) is 19.0. The summed E-state index contributed by atoms with van der Waals surface area (Å²) in [6.07, 6.45) is 2.53. The Morgan fingerprint density at radius 1 is 1.07 bits per heavy atom. The minimum Gasteiger partial charge on any atom is -0.342 e. The molecule has 0 bridgehead atoms. The van der Waals surface area contributed by atoms with E-state index in [4.69, 9.17) is 10.1 Å². The fourth-order valence-electron chi connectivity index (χ4n) is 4.80. The maximum atomic E-state index is 12.8. The summed E-state index contributed by atoms with van der Waals surface area (Å²) in [5, 5.41) is 5.91.